The molecule has 0 N–H and O–H groups in total. The van der Waals surface area contributed by atoms with Crippen LogP contribution in [0.4, 0.5) is 74.6 Å². The van der Waals surface area contributed by atoms with Crippen molar-refractivity contribution in [1.29, 1.82) is 0 Å². The molecule has 4 aromatic rings. The van der Waals surface area contributed by atoms with Gasteiger partial charge < -0.3 is 14.1 Å². The number of hydrogen-bond acceptors (Lipinski definition) is 7. The number of rotatable bonds is 14. The molecule has 2 fully saturated rings. The van der Waals surface area contributed by atoms with Crippen LogP contribution >= 0.6 is 12.0 Å². The van der Waals surface area contributed by atoms with E-state index in [0.29, 0.717) is 23.9 Å². The molecule has 27 heteroatoms. The Bertz CT molecular complexity index is 2780. The van der Waals surface area contributed by atoms with Crippen molar-refractivity contribution in [3.63, 3.8) is 0 Å². The minimum atomic E-state index is -8.92. The van der Waals surface area contributed by atoms with Gasteiger partial charge in [-0.2, -0.15) is 74.6 Å². The van der Waals surface area contributed by atoms with Crippen molar-refractivity contribution in [2.45, 2.75) is 159 Å². The van der Waals surface area contributed by atoms with Gasteiger partial charge in [-0.3, -0.25) is 4.79 Å². The number of halogens is 19. The Morgan fingerprint density at radius 1 is 0.519 bits per heavy atom. The normalized spacial score (nSPS) is 18.5. The van der Waals surface area contributed by atoms with Gasteiger partial charge in [0.2, 0.25) is 0 Å². The molecular formula is C54H59F17I2O6S2. The summed E-state index contributed by atoms with van der Waals surface area (Å²) in [5.41, 5.74) is 4.75. The van der Waals surface area contributed by atoms with Crippen LogP contribution in [0.3, 0.4) is 0 Å². The smallest absolute Gasteiger partial charge is 0.460 e. The Morgan fingerprint density at radius 2 is 0.827 bits per heavy atom. The summed E-state index contributed by atoms with van der Waals surface area (Å²) in [6.45, 7) is 24.7. The summed E-state index contributed by atoms with van der Waals surface area (Å²) in [7, 11) is -8.14. The first kappa shape index (κ1) is 72.3. The van der Waals surface area contributed by atoms with E-state index in [1.54, 1.807) is 0 Å². The SMILES string of the molecule is CC(C)(C)c1ccc([I+]c2ccc(C(C)(C)C)cc2)cc1.CC(C)(C)c1ccc([I+]c2ccccc2)cc1.CC1(C)C2CCC1(CSO[O-])C(=O)C2.O=S(=O)([O-])C(F)(F)C(F)(F)C(F)(F)C(F)(F)C(F)(F)C(F)(F)C(F)(F)C(F)(F)F. The summed E-state index contributed by atoms with van der Waals surface area (Å²) < 4.78 is 254. The van der Waals surface area contributed by atoms with Crippen molar-refractivity contribution in [2.75, 3.05) is 5.75 Å². The van der Waals surface area contributed by atoms with Crippen LogP contribution in [0, 0.1) is 31.0 Å². The molecule has 2 bridgehead atoms. The summed E-state index contributed by atoms with van der Waals surface area (Å²) in [6, 6.07) is 38.3. The summed E-state index contributed by atoms with van der Waals surface area (Å²) in [4.78, 5) is 11.9. The molecule has 81 heavy (non-hydrogen) atoms. The molecule has 2 aliphatic carbocycles. The van der Waals surface area contributed by atoms with Gasteiger partial charge in [-0.25, -0.2) is 8.42 Å². The molecule has 0 spiro atoms. The largest absolute Gasteiger partial charge is 0.743 e. The molecule has 6 rings (SSSR count). The predicted octanol–water partition coefficient (Wildman–Crippen LogP) is 9.34. The van der Waals surface area contributed by atoms with E-state index in [1.165, 1.54) is 31.0 Å². The van der Waals surface area contributed by atoms with Crippen LogP contribution in [-0.4, -0.2) is 71.5 Å². The van der Waals surface area contributed by atoms with Crippen molar-refractivity contribution in [3.8, 4) is 0 Å². The van der Waals surface area contributed by atoms with Crippen LogP contribution in [0.15, 0.2) is 103 Å². The Hall–Kier alpha value is -3.00. The number of carbonyl (C=O) groups is 1. The van der Waals surface area contributed by atoms with Gasteiger partial charge in [0.25, 0.3) is 0 Å². The Morgan fingerprint density at radius 3 is 1.09 bits per heavy atom. The fraction of sp³-hybridized carbons (Fsp3) is 0.537. The molecule has 0 amide bonds. The summed E-state index contributed by atoms with van der Waals surface area (Å²) >= 11 is 0.794. The zero-order valence-corrected chi connectivity index (χ0v) is 51.1. The van der Waals surface area contributed by atoms with Crippen molar-refractivity contribution < 1.29 is 144 Å². The Kier molecular flexibility index (Phi) is 22.4. The average Bonchev–Trinajstić information content (AvgIpc) is 3.68. The molecule has 6 nitrogen and oxygen atoms in total. The highest BCUT2D eigenvalue weighted by molar-refractivity contribution is 7.94. The third-order valence-corrected chi connectivity index (χ3v) is 20.8. The van der Waals surface area contributed by atoms with Gasteiger partial charge >= 0.3 is 89.4 Å². The molecule has 2 saturated carbocycles. The van der Waals surface area contributed by atoms with E-state index >= 15 is 0 Å². The number of carbonyl (C=O) groups excluding carboxylic acids is 1. The molecule has 2 atom stereocenters. The van der Waals surface area contributed by atoms with E-state index in [9.17, 15) is 97.7 Å². The number of ketones is 1. The Balaban J connectivity index is 0.000000293. The number of alkyl halides is 17. The second-order valence-electron chi connectivity index (χ2n) is 22.7. The highest BCUT2D eigenvalue weighted by Crippen LogP contribution is 2.66. The second kappa shape index (κ2) is 25.1. The maximum absolute atomic E-state index is 13.0. The molecule has 2 aliphatic rings. The topological polar surface area (TPSA) is 107 Å². The zero-order valence-electron chi connectivity index (χ0n) is 45.2. The second-order valence-corrected chi connectivity index (χ2v) is 30.8. The van der Waals surface area contributed by atoms with Gasteiger partial charge in [0.05, 0.1) is 0 Å². The predicted molar refractivity (Wildman–Crippen MR) is 259 cm³/mol. The van der Waals surface area contributed by atoms with Crippen molar-refractivity contribution in [2.24, 2.45) is 16.7 Å². The van der Waals surface area contributed by atoms with E-state index in [2.05, 4.69) is 184 Å². The van der Waals surface area contributed by atoms with Crippen LogP contribution in [0.25, 0.3) is 0 Å². The molecule has 0 aromatic heterocycles. The van der Waals surface area contributed by atoms with Crippen molar-refractivity contribution in [1.82, 2.24) is 0 Å². The average molecular weight is 1440 g/mol. The van der Waals surface area contributed by atoms with Gasteiger partial charge in [-0.15, -0.1) is 0 Å². The molecule has 0 radical (unpaired) electrons. The van der Waals surface area contributed by atoms with E-state index < -0.39 is 57.1 Å². The standard InChI is InChI=1S/C20H26I.C16H18I.C10H16O3S.C8HF17O3S/c1-19(2,3)15-7-11-17(12-8-15)21-18-13-9-16(10-14-18)20(4,5)6;1-16(2,3)13-9-11-15(12-10-13)17-14-7-5-4-6-8-14;1-9(2)7-3-4-10(9,6-14-13-12)8(11)5-7;9-1(10,3(13,14)5(17,18)7(21,22)23)2(11,12)4(15,16)6(19,20)8(24,25)29(26,27)28/h7-14H,1-6H3;4-12H,1-3H3;7,12H,3-6H2,1-2H3;(H,26,27,28)/q2*+1;;/p-2. The minimum Gasteiger partial charge on any atom is -0.743 e. The van der Waals surface area contributed by atoms with Gasteiger partial charge in [-0.05, 0) is 118 Å². The molecule has 2 unspecified atom stereocenters. The first-order chi connectivity index (χ1) is 36.3. The van der Waals surface area contributed by atoms with Gasteiger partial charge in [0.15, 0.2) is 24.4 Å². The van der Waals surface area contributed by atoms with E-state index in [0.717, 1.165) is 24.9 Å². The summed E-state index contributed by atoms with van der Waals surface area (Å²) in [6.07, 6.45) is -5.14. The van der Waals surface area contributed by atoms with E-state index in [1.807, 2.05) is 0 Å². The molecule has 0 saturated heterocycles. The number of Topliss-reactive ketones (excluding diaryl/α,β-unsaturated/α-hetero) is 1. The maximum Gasteiger partial charge on any atom is 0.460 e. The number of benzene rings is 4. The zero-order chi connectivity index (χ0) is 62.9. The van der Waals surface area contributed by atoms with E-state index in [4.69, 9.17) is 0 Å². The van der Waals surface area contributed by atoms with Crippen LogP contribution in [0.1, 0.15) is 112 Å². The lowest BCUT2D eigenvalue weighted by Gasteiger charge is -2.42. The van der Waals surface area contributed by atoms with Crippen LogP contribution in [0.2, 0.25) is 0 Å². The molecular weight excluding hydrogens is 1390 g/mol. The van der Waals surface area contributed by atoms with Crippen LogP contribution in [0.5, 0.6) is 0 Å². The highest BCUT2D eigenvalue weighted by Gasteiger charge is 2.95. The first-order valence-corrected chi connectivity index (χ1v) is 30.7. The minimum absolute atomic E-state index is 0.0208. The maximum atomic E-state index is 13.0. The first-order valence-electron chi connectivity index (χ1n) is 24.0. The van der Waals surface area contributed by atoms with Gasteiger partial charge in [-0.1, -0.05) is 131 Å². The Labute approximate surface area is 484 Å². The molecule has 0 aliphatic heterocycles. The highest BCUT2D eigenvalue weighted by atomic mass is 127. The van der Waals surface area contributed by atoms with Gasteiger partial charge in [0.1, 0.15) is 5.78 Å². The summed E-state index contributed by atoms with van der Waals surface area (Å²) in [5, 5.41) is 2.07. The van der Waals surface area contributed by atoms with Crippen molar-refractivity contribution >= 4 is 27.9 Å². The quantitative estimate of drug-likeness (QED) is 0.0310. The van der Waals surface area contributed by atoms with Gasteiger partial charge in [0, 0.05) is 17.6 Å². The molecule has 4 aromatic carbocycles. The fourth-order valence-electron chi connectivity index (χ4n) is 8.31. The number of fused-ring (bicyclic) bond motifs is 2. The molecule has 0 heterocycles. The lowest BCUT2D eigenvalue weighted by atomic mass is 9.70. The van der Waals surface area contributed by atoms with Crippen LogP contribution < -0.4 is 47.7 Å². The van der Waals surface area contributed by atoms with E-state index in [-0.39, 0.29) is 69.5 Å². The monoisotopic (exact) mass is 1440 g/mol. The van der Waals surface area contributed by atoms with Crippen LogP contribution in [-0.2, 0) is 35.5 Å². The number of hydrogen-bond donors (Lipinski definition) is 0. The molecule has 456 valence electrons. The van der Waals surface area contributed by atoms with Crippen molar-refractivity contribution in [3.05, 3.63) is 134 Å². The lowest BCUT2D eigenvalue weighted by molar-refractivity contribution is -0.630. The fourth-order valence-corrected chi connectivity index (χ4v) is 14.0. The third kappa shape index (κ3) is 15.2. The summed E-state index contributed by atoms with van der Waals surface area (Å²) in [5.74, 6) is -50.8. The third-order valence-electron chi connectivity index (χ3n) is 13.8. The lowest BCUT2D eigenvalue weighted by Crippen LogP contribution is -3.61.